The summed E-state index contributed by atoms with van der Waals surface area (Å²) in [5.41, 5.74) is 0.112. The summed E-state index contributed by atoms with van der Waals surface area (Å²) in [6.45, 7) is 4.58. The molecule has 0 spiro atoms. The molecule has 0 fully saturated rings. The van der Waals surface area contributed by atoms with Crippen molar-refractivity contribution in [2.75, 3.05) is 6.54 Å². The molecule has 0 saturated heterocycles. The van der Waals surface area contributed by atoms with Gasteiger partial charge in [-0.15, -0.1) is 0 Å². The minimum atomic E-state index is -0.442. The summed E-state index contributed by atoms with van der Waals surface area (Å²) in [5, 5.41) is 12.2. The minimum Gasteiger partial charge on any atom is -0.311 e. The highest BCUT2D eigenvalue weighted by molar-refractivity contribution is 6.30. The van der Waals surface area contributed by atoms with Crippen molar-refractivity contribution in [1.82, 2.24) is 5.32 Å². The second-order valence-electron chi connectivity index (χ2n) is 4.33. The monoisotopic (exact) mass is 240 g/mol. The molecule has 0 saturated carbocycles. The highest BCUT2D eigenvalue weighted by Crippen LogP contribution is 2.15. The van der Waals surface area contributed by atoms with E-state index in [1.807, 2.05) is 13.8 Å². The Balaban J connectivity index is 2.53. The van der Waals surface area contributed by atoms with E-state index in [1.54, 1.807) is 12.1 Å². The first-order chi connectivity index (χ1) is 7.44. The molecule has 4 heteroatoms. The van der Waals surface area contributed by atoms with Crippen LogP contribution in [0.25, 0.3) is 0 Å². The van der Waals surface area contributed by atoms with Crippen molar-refractivity contribution in [2.45, 2.75) is 20.4 Å². The largest absolute Gasteiger partial charge is 0.311 e. The quantitative estimate of drug-likeness (QED) is 0.878. The molecule has 1 aromatic carbocycles. The maximum Gasteiger partial charge on any atom is 0.129 e. The summed E-state index contributed by atoms with van der Waals surface area (Å²) in [4.78, 5) is 0. The molecule has 0 aliphatic heterocycles. The molecule has 0 aliphatic rings. The SMILES string of the molecule is CC(C)(C#N)CNCc1ccc(Cl)cc1F. The molecule has 0 aliphatic carbocycles. The molecule has 0 atom stereocenters. The number of benzene rings is 1. The highest BCUT2D eigenvalue weighted by atomic mass is 35.5. The molecular weight excluding hydrogens is 227 g/mol. The maximum absolute atomic E-state index is 13.4. The van der Waals surface area contributed by atoms with Gasteiger partial charge in [-0.3, -0.25) is 0 Å². The van der Waals surface area contributed by atoms with Gasteiger partial charge in [-0.1, -0.05) is 17.7 Å². The van der Waals surface area contributed by atoms with Crippen molar-refractivity contribution in [2.24, 2.45) is 5.41 Å². The lowest BCUT2D eigenvalue weighted by Gasteiger charge is -2.16. The van der Waals surface area contributed by atoms with E-state index in [1.165, 1.54) is 6.07 Å². The van der Waals surface area contributed by atoms with E-state index >= 15 is 0 Å². The van der Waals surface area contributed by atoms with Crippen LogP contribution in [0, 0.1) is 22.6 Å². The van der Waals surface area contributed by atoms with Crippen LogP contribution in [0.4, 0.5) is 4.39 Å². The van der Waals surface area contributed by atoms with Crippen LogP contribution in [0.15, 0.2) is 18.2 Å². The van der Waals surface area contributed by atoms with Crippen LogP contribution in [-0.2, 0) is 6.54 Å². The van der Waals surface area contributed by atoms with Gasteiger partial charge in [-0.25, -0.2) is 4.39 Å². The highest BCUT2D eigenvalue weighted by Gasteiger charge is 2.15. The molecule has 0 bridgehead atoms. The van der Waals surface area contributed by atoms with Crippen molar-refractivity contribution < 1.29 is 4.39 Å². The van der Waals surface area contributed by atoms with Crippen molar-refractivity contribution in [3.8, 4) is 6.07 Å². The number of rotatable bonds is 4. The standard InChI is InChI=1S/C12H14ClFN2/c1-12(2,7-15)8-16-6-9-3-4-10(13)5-11(9)14/h3-5,16H,6,8H2,1-2H3. The fraction of sp³-hybridized carbons (Fsp3) is 0.417. The summed E-state index contributed by atoms with van der Waals surface area (Å²) in [7, 11) is 0. The van der Waals surface area contributed by atoms with Gasteiger partial charge in [0.1, 0.15) is 5.82 Å². The number of hydrogen-bond acceptors (Lipinski definition) is 2. The van der Waals surface area contributed by atoms with Crippen LogP contribution in [-0.4, -0.2) is 6.54 Å². The summed E-state index contributed by atoms with van der Waals surface area (Å²) in [6.07, 6.45) is 0. The molecule has 0 aromatic heterocycles. The molecule has 1 N–H and O–H groups in total. The molecule has 2 nitrogen and oxygen atoms in total. The first-order valence-electron chi connectivity index (χ1n) is 5.00. The predicted octanol–water partition coefficient (Wildman–Crippen LogP) is 3.12. The second-order valence-corrected chi connectivity index (χ2v) is 4.77. The Morgan fingerprint density at radius 3 is 2.75 bits per heavy atom. The van der Waals surface area contributed by atoms with E-state index in [9.17, 15) is 4.39 Å². The average Bonchev–Trinajstić information content (AvgIpc) is 2.21. The molecule has 0 unspecified atom stereocenters. The van der Waals surface area contributed by atoms with Gasteiger partial charge in [-0.05, 0) is 26.0 Å². The molecule has 1 rings (SSSR count). The number of nitrogens with zero attached hydrogens (tertiary/aromatic N) is 1. The van der Waals surface area contributed by atoms with Gasteiger partial charge in [0, 0.05) is 23.7 Å². The van der Waals surface area contributed by atoms with Crippen molar-refractivity contribution in [3.63, 3.8) is 0 Å². The lowest BCUT2D eigenvalue weighted by atomic mass is 9.96. The normalized spacial score (nSPS) is 11.2. The van der Waals surface area contributed by atoms with Crippen LogP contribution in [0.5, 0.6) is 0 Å². The molecule has 0 radical (unpaired) electrons. The van der Waals surface area contributed by atoms with Crippen LogP contribution in [0.1, 0.15) is 19.4 Å². The summed E-state index contributed by atoms with van der Waals surface area (Å²) in [5.74, 6) is -0.324. The molecular formula is C12H14ClFN2. The minimum absolute atomic E-state index is 0.324. The number of halogens is 2. The van der Waals surface area contributed by atoms with Gasteiger partial charge in [-0.2, -0.15) is 5.26 Å². The van der Waals surface area contributed by atoms with Crippen molar-refractivity contribution in [1.29, 1.82) is 5.26 Å². The van der Waals surface area contributed by atoms with E-state index in [4.69, 9.17) is 16.9 Å². The third-order valence-corrected chi connectivity index (χ3v) is 2.44. The zero-order valence-electron chi connectivity index (χ0n) is 9.35. The maximum atomic E-state index is 13.4. The number of nitriles is 1. The fourth-order valence-electron chi connectivity index (χ4n) is 1.21. The third kappa shape index (κ3) is 3.80. The molecule has 86 valence electrons. The van der Waals surface area contributed by atoms with Crippen LogP contribution >= 0.6 is 11.6 Å². The van der Waals surface area contributed by atoms with Crippen LogP contribution in [0.3, 0.4) is 0 Å². The Kier molecular flexibility index (Phi) is 4.28. The van der Waals surface area contributed by atoms with E-state index < -0.39 is 5.41 Å². The summed E-state index contributed by atoms with van der Waals surface area (Å²) < 4.78 is 13.4. The zero-order chi connectivity index (χ0) is 12.2. The third-order valence-electron chi connectivity index (χ3n) is 2.20. The zero-order valence-corrected chi connectivity index (χ0v) is 10.1. The van der Waals surface area contributed by atoms with E-state index in [0.717, 1.165) is 0 Å². The Labute approximate surface area is 100 Å². The fourth-order valence-corrected chi connectivity index (χ4v) is 1.37. The summed E-state index contributed by atoms with van der Waals surface area (Å²) >= 11 is 5.64. The smallest absolute Gasteiger partial charge is 0.129 e. The Bertz CT molecular complexity index is 410. The Hall–Kier alpha value is -1.11. The molecule has 0 heterocycles. The number of nitrogens with one attached hydrogen (secondary N) is 1. The van der Waals surface area contributed by atoms with Gasteiger partial charge in [0.15, 0.2) is 0 Å². The molecule has 1 aromatic rings. The van der Waals surface area contributed by atoms with Gasteiger partial charge in [0.05, 0.1) is 11.5 Å². The van der Waals surface area contributed by atoms with Gasteiger partial charge in [0.2, 0.25) is 0 Å². The predicted molar refractivity (Wildman–Crippen MR) is 62.5 cm³/mol. The van der Waals surface area contributed by atoms with Gasteiger partial charge >= 0.3 is 0 Å². The first kappa shape index (κ1) is 13.0. The Morgan fingerprint density at radius 1 is 1.50 bits per heavy atom. The van der Waals surface area contributed by atoms with E-state index in [2.05, 4.69) is 11.4 Å². The molecule has 16 heavy (non-hydrogen) atoms. The number of hydrogen-bond donors (Lipinski definition) is 1. The summed E-state index contributed by atoms with van der Waals surface area (Å²) in [6, 6.07) is 6.75. The lowest BCUT2D eigenvalue weighted by molar-refractivity contribution is 0.441. The second kappa shape index (κ2) is 5.29. The van der Waals surface area contributed by atoms with Crippen molar-refractivity contribution in [3.05, 3.63) is 34.6 Å². The van der Waals surface area contributed by atoms with Crippen LogP contribution < -0.4 is 5.32 Å². The van der Waals surface area contributed by atoms with E-state index in [-0.39, 0.29) is 5.82 Å². The van der Waals surface area contributed by atoms with Crippen LogP contribution in [0.2, 0.25) is 5.02 Å². The molecule has 0 amide bonds. The van der Waals surface area contributed by atoms with Gasteiger partial charge in [0.25, 0.3) is 0 Å². The van der Waals surface area contributed by atoms with E-state index in [0.29, 0.717) is 23.7 Å². The topological polar surface area (TPSA) is 35.8 Å². The lowest BCUT2D eigenvalue weighted by Crippen LogP contribution is -2.27. The average molecular weight is 241 g/mol. The Morgan fingerprint density at radius 2 is 2.19 bits per heavy atom. The van der Waals surface area contributed by atoms with Crippen molar-refractivity contribution >= 4 is 11.6 Å². The van der Waals surface area contributed by atoms with Gasteiger partial charge < -0.3 is 5.32 Å². The first-order valence-corrected chi connectivity index (χ1v) is 5.38.